The largest absolute Gasteiger partial charge is 0.478 e. The number of anilines is 2. The van der Waals surface area contributed by atoms with E-state index in [1.54, 1.807) is 30.0 Å². The smallest absolute Gasteiger partial charge is 0.337 e. The highest BCUT2D eigenvalue weighted by atomic mass is 32.2. The monoisotopic (exact) mass is 321 g/mol. The van der Waals surface area contributed by atoms with Crippen LogP contribution in [-0.4, -0.2) is 11.1 Å². The first-order valence-corrected chi connectivity index (χ1v) is 7.96. The molecule has 2 N–H and O–H groups in total. The Morgan fingerprint density at radius 3 is 2.09 bits per heavy atom. The number of para-hydroxylation sites is 1. The van der Waals surface area contributed by atoms with E-state index in [0.29, 0.717) is 5.69 Å². The molecule has 3 nitrogen and oxygen atoms in total. The number of aromatic carboxylic acids is 1. The lowest BCUT2D eigenvalue weighted by Gasteiger charge is -2.10. The molecule has 0 aliphatic heterocycles. The van der Waals surface area contributed by atoms with Crippen LogP contribution in [0.25, 0.3) is 0 Å². The van der Waals surface area contributed by atoms with Crippen LogP contribution in [0.2, 0.25) is 0 Å². The summed E-state index contributed by atoms with van der Waals surface area (Å²) in [6, 6.07) is 25.0. The highest BCUT2D eigenvalue weighted by molar-refractivity contribution is 7.99. The molecule has 0 aliphatic carbocycles. The third-order valence-corrected chi connectivity index (χ3v) is 4.29. The van der Waals surface area contributed by atoms with Gasteiger partial charge in [-0.2, -0.15) is 0 Å². The van der Waals surface area contributed by atoms with Crippen LogP contribution in [0.4, 0.5) is 11.4 Å². The van der Waals surface area contributed by atoms with Gasteiger partial charge in [-0.3, -0.25) is 0 Å². The van der Waals surface area contributed by atoms with Gasteiger partial charge in [0.1, 0.15) is 0 Å². The van der Waals surface area contributed by atoms with Crippen LogP contribution in [0.1, 0.15) is 10.4 Å². The molecule has 0 atom stereocenters. The minimum atomic E-state index is -0.940. The number of carbonyl (C=O) groups is 1. The third-order valence-electron chi connectivity index (χ3n) is 3.27. The Labute approximate surface area is 139 Å². The Balaban J connectivity index is 1.74. The van der Waals surface area contributed by atoms with E-state index in [9.17, 15) is 9.90 Å². The van der Waals surface area contributed by atoms with Crippen LogP contribution in [0.15, 0.2) is 88.7 Å². The van der Waals surface area contributed by atoms with Crippen molar-refractivity contribution in [1.29, 1.82) is 0 Å². The first kappa shape index (κ1) is 15.2. The summed E-state index contributed by atoms with van der Waals surface area (Å²) in [7, 11) is 0. The number of hydrogen-bond acceptors (Lipinski definition) is 3. The predicted molar refractivity (Wildman–Crippen MR) is 93.7 cm³/mol. The topological polar surface area (TPSA) is 49.3 Å². The normalized spacial score (nSPS) is 10.3. The van der Waals surface area contributed by atoms with E-state index in [4.69, 9.17) is 0 Å². The molecule has 0 unspecified atom stereocenters. The maximum absolute atomic E-state index is 11.2. The van der Waals surface area contributed by atoms with E-state index >= 15 is 0 Å². The van der Waals surface area contributed by atoms with E-state index in [1.807, 2.05) is 48.5 Å². The van der Waals surface area contributed by atoms with Gasteiger partial charge in [-0.15, -0.1) is 0 Å². The van der Waals surface area contributed by atoms with E-state index in [0.717, 1.165) is 10.6 Å². The van der Waals surface area contributed by atoms with Crippen LogP contribution in [-0.2, 0) is 0 Å². The van der Waals surface area contributed by atoms with Gasteiger partial charge in [0.05, 0.1) is 11.3 Å². The highest BCUT2D eigenvalue weighted by Crippen LogP contribution is 2.29. The van der Waals surface area contributed by atoms with Gasteiger partial charge in [0.2, 0.25) is 0 Å². The number of carboxylic acids is 1. The van der Waals surface area contributed by atoms with Crippen molar-refractivity contribution in [1.82, 2.24) is 0 Å². The van der Waals surface area contributed by atoms with Gasteiger partial charge in [0.15, 0.2) is 0 Å². The molecule has 0 bridgehead atoms. The highest BCUT2D eigenvalue weighted by Gasteiger charge is 2.08. The molecule has 0 saturated carbocycles. The molecular formula is C19H15NO2S. The van der Waals surface area contributed by atoms with Crippen LogP contribution >= 0.6 is 11.8 Å². The Kier molecular flexibility index (Phi) is 4.64. The summed E-state index contributed by atoms with van der Waals surface area (Å²) in [5, 5.41) is 12.4. The summed E-state index contributed by atoms with van der Waals surface area (Å²) in [6.45, 7) is 0. The molecule has 0 spiro atoms. The lowest BCUT2D eigenvalue weighted by atomic mass is 10.1. The Morgan fingerprint density at radius 1 is 0.783 bits per heavy atom. The van der Waals surface area contributed by atoms with Gasteiger partial charge in [-0.25, -0.2) is 4.79 Å². The predicted octanol–water partition coefficient (Wildman–Crippen LogP) is 5.28. The average Bonchev–Trinajstić information content (AvgIpc) is 2.58. The molecule has 0 amide bonds. The molecule has 0 heterocycles. The minimum absolute atomic E-state index is 0.259. The fraction of sp³-hybridized carbons (Fsp3) is 0. The minimum Gasteiger partial charge on any atom is -0.478 e. The zero-order valence-corrected chi connectivity index (χ0v) is 13.1. The third kappa shape index (κ3) is 3.93. The van der Waals surface area contributed by atoms with Gasteiger partial charge < -0.3 is 10.4 Å². The lowest BCUT2D eigenvalue weighted by Crippen LogP contribution is -2.02. The Hall–Kier alpha value is -2.72. The van der Waals surface area contributed by atoms with Crippen molar-refractivity contribution in [2.24, 2.45) is 0 Å². The van der Waals surface area contributed by atoms with Gasteiger partial charge in [0.25, 0.3) is 0 Å². The number of carboxylic acid groups (broad SMARTS) is 1. The second-order valence-corrected chi connectivity index (χ2v) is 6.06. The first-order valence-electron chi connectivity index (χ1n) is 7.15. The maximum Gasteiger partial charge on any atom is 0.337 e. The molecule has 3 rings (SSSR count). The van der Waals surface area contributed by atoms with Gasteiger partial charge in [-0.1, -0.05) is 42.1 Å². The fourth-order valence-electron chi connectivity index (χ4n) is 2.17. The SMILES string of the molecule is O=C(O)c1ccccc1Nc1ccc(Sc2ccccc2)cc1. The maximum atomic E-state index is 11.2. The summed E-state index contributed by atoms with van der Waals surface area (Å²) in [6.07, 6.45) is 0. The Bertz CT molecular complexity index is 801. The summed E-state index contributed by atoms with van der Waals surface area (Å²) < 4.78 is 0. The molecule has 3 aromatic rings. The zero-order chi connectivity index (χ0) is 16.1. The van der Waals surface area contributed by atoms with Crippen LogP contribution in [0.5, 0.6) is 0 Å². The molecule has 3 aromatic carbocycles. The second-order valence-electron chi connectivity index (χ2n) is 4.92. The number of hydrogen-bond donors (Lipinski definition) is 2. The summed E-state index contributed by atoms with van der Waals surface area (Å²) in [5.41, 5.74) is 1.70. The summed E-state index contributed by atoms with van der Waals surface area (Å²) in [5.74, 6) is -0.940. The average molecular weight is 321 g/mol. The van der Waals surface area contributed by atoms with Crippen LogP contribution in [0.3, 0.4) is 0 Å². The van der Waals surface area contributed by atoms with Crippen molar-refractivity contribution >= 4 is 29.1 Å². The number of benzene rings is 3. The summed E-state index contributed by atoms with van der Waals surface area (Å²) in [4.78, 5) is 13.5. The van der Waals surface area contributed by atoms with Crippen molar-refractivity contribution in [3.63, 3.8) is 0 Å². The number of rotatable bonds is 5. The summed E-state index contributed by atoms with van der Waals surface area (Å²) >= 11 is 1.69. The van der Waals surface area contributed by atoms with Gasteiger partial charge >= 0.3 is 5.97 Å². The number of nitrogens with one attached hydrogen (secondary N) is 1. The molecule has 114 valence electrons. The molecule has 0 radical (unpaired) electrons. The Morgan fingerprint density at radius 2 is 1.39 bits per heavy atom. The molecule has 0 fully saturated rings. The van der Waals surface area contributed by atoms with Crippen molar-refractivity contribution < 1.29 is 9.90 Å². The van der Waals surface area contributed by atoms with Crippen molar-refractivity contribution in [2.75, 3.05) is 5.32 Å². The van der Waals surface area contributed by atoms with Crippen molar-refractivity contribution in [3.05, 3.63) is 84.4 Å². The van der Waals surface area contributed by atoms with Gasteiger partial charge in [-0.05, 0) is 48.5 Å². The molecule has 23 heavy (non-hydrogen) atoms. The first-order chi connectivity index (χ1) is 11.2. The lowest BCUT2D eigenvalue weighted by molar-refractivity contribution is 0.0698. The fourth-order valence-corrected chi connectivity index (χ4v) is 3.00. The van der Waals surface area contributed by atoms with Crippen molar-refractivity contribution in [3.8, 4) is 0 Å². The molecule has 0 aromatic heterocycles. The molecule has 0 saturated heterocycles. The quantitative estimate of drug-likeness (QED) is 0.671. The molecular weight excluding hydrogens is 306 g/mol. The molecule has 4 heteroatoms. The standard InChI is InChI=1S/C19H15NO2S/c21-19(22)17-8-4-5-9-18(17)20-14-10-12-16(13-11-14)23-15-6-2-1-3-7-15/h1-13,20H,(H,21,22). The molecule has 0 aliphatic rings. The zero-order valence-electron chi connectivity index (χ0n) is 12.3. The van der Waals surface area contributed by atoms with Crippen LogP contribution < -0.4 is 5.32 Å². The second kappa shape index (κ2) is 7.03. The van der Waals surface area contributed by atoms with Crippen molar-refractivity contribution in [2.45, 2.75) is 9.79 Å². The van der Waals surface area contributed by atoms with E-state index in [2.05, 4.69) is 17.4 Å². The van der Waals surface area contributed by atoms with Crippen LogP contribution in [0, 0.1) is 0 Å². The van der Waals surface area contributed by atoms with E-state index in [-0.39, 0.29) is 5.56 Å². The van der Waals surface area contributed by atoms with Gasteiger partial charge in [0, 0.05) is 15.5 Å². The van der Waals surface area contributed by atoms with E-state index in [1.165, 1.54) is 4.90 Å². The van der Waals surface area contributed by atoms with E-state index < -0.39 is 5.97 Å².